The third-order valence-electron chi connectivity index (χ3n) is 6.35. The lowest BCUT2D eigenvalue weighted by Gasteiger charge is -2.42. The fourth-order valence-corrected chi connectivity index (χ4v) is 4.61. The number of benzene rings is 2. The molecule has 2 aromatic carbocycles. The monoisotopic (exact) mass is 424 g/mol. The van der Waals surface area contributed by atoms with Gasteiger partial charge in [0.05, 0.1) is 6.04 Å². The number of fused-ring (bicyclic) bond motifs is 1. The molecule has 3 N–H and O–H groups in total. The Morgan fingerprint density at radius 3 is 2.55 bits per heavy atom. The molecule has 2 atom stereocenters. The van der Waals surface area contributed by atoms with Crippen LogP contribution in [0.25, 0.3) is 10.8 Å². The van der Waals surface area contributed by atoms with E-state index in [9.17, 15) is 14.7 Å². The predicted molar refractivity (Wildman–Crippen MR) is 121 cm³/mol. The van der Waals surface area contributed by atoms with Crippen LogP contribution >= 0.6 is 0 Å². The second kappa shape index (κ2) is 9.14. The van der Waals surface area contributed by atoms with Crippen LogP contribution in [0.15, 0.2) is 36.4 Å². The Kier molecular flexibility index (Phi) is 6.32. The summed E-state index contributed by atoms with van der Waals surface area (Å²) in [5.74, 6) is -0.0194. The molecule has 0 radical (unpaired) electrons. The average molecular weight is 425 g/mol. The highest BCUT2D eigenvalue weighted by molar-refractivity contribution is 5.84. The summed E-state index contributed by atoms with van der Waals surface area (Å²) >= 11 is 0. The van der Waals surface area contributed by atoms with Crippen molar-refractivity contribution in [3.63, 3.8) is 0 Å². The number of piperidine rings is 1. The lowest BCUT2D eigenvalue weighted by molar-refractivity contribution is 0.0690. The van der Waals surface area contributed by atoms with Gasteiger partial charge < -0.3 is 25.5 Å². The number of aryl methyl sites for hydroxylation is 1. The van der Waals surface area contributed by atoms with Crippen LogP contribution in [-0.4, -0.2) is 65.8 Å². The molecule has 1 saturated carbocycles. The van der Waals surface area contributed by atoms with Crippen molar-refractivity contribution < 1.29 is 14.7 Å². The van der Waals surface area contributed by atoms with Crippen LogP contribution in [0.1, 0.15) is 30.4 Å². The molecule has 0 unspecified atom stereocenters. The SMILES string of the molecule is CNC(=O)N1C[C@@H](CO)C[C@@H](N(C(=O)NCc2ccc3cc(C)ccc3c2)C2CC2)C1. The number of rotatable bonds is 5. The number of hydrogen-bond acceptors (Lipinski definition) is 3. The zero-order chi connectivity index (χ0) is 22.0. The normalized spacial score (nSPS) is 21.1. The number of aliphatic hydroxyl groups excluding tert-OH is 1. The summed E-state index contributed by atoms with van der Waals surface area (Å²) in [4.78, 5) is 29.0. The van der Waals surface area contributed by atoms with Crippen molar-refractivity contribution in [2.24, 2.45) is 5.92 Å². The molecule has 4 rings (SSSR count). The minimum absolute atomic E-state index is 0.0146. The number of urea groups is 2. The van der Waals surface area contributed by atoms with E-state index < -0.39 is 0 Å². The molecular weight excluding hydrogens is 392 g/mol. The maximum Gasteiger partial charge on any atom is 0.318 e. The highest BCUT2D eigenvalue weighted by Gasteiger charge is 2.41. The van der Waals surface area contributed by atoms with Gasteiger partial charge in [-0.05, 0) is 48.6 Å². The Bertz CT molecular complexity index is 959. The molecular formula is C24H32N4O3. The van der Waals surface area contributed by atoms with E-state index in [0.717, 1.165) is 23.8 Å². The minimum Gasteiger partial charge on any atom is -0.396 e. The highest BCUT2D eigenvalue weighted by atomic mass is 16.3. The Morgan fingerprint density at radius 1 is 1.10 bits per heavy atom. The van der Waals surface area contributed by atoms with Crippen molar-refractivity contribution in [2.75, 3.05) is 26.7 Å². The van der Waals surface area contributed by atoms with Gasteiger partial charge in [0.15, 0.2) is 0 Å². The smallest absolute Gasteiger partial charge is 0.318 e. The molecule has 1 heterocycles. The van der Waals surface area contributed by atoms with Gasteiger partial charge in [0, 0.05) is 45.2 Å². The van der Waals surface area contributed by atoms with Gasteiger partial charge in [0.25, 0.3) is 0 Å². The first kappa shape index (κ1) is 21.4. The fourth-order valence-electron chi connectivity index (χ4n) is 4.61. The molecule has 1 aliphatic heterocycles. The summed E-state index contributed by atoms with van der Waals surface area (Å²) < 4.78 is 0. The molecule has 7 heteroatoms. The third kappa shape index (κ3) is 4.93. The number of likely N-dealkylation sites (tertiary alicyclic amines) is 1. The lowest BCUT2D eigenvalue weighted by atomic mass is 9.94. The lowest BCUT2D eigenvalue weighted by Crippen LogP contribution is -2.58. The molecule has 1 aliphatic carbocycles. The summed E-state index contributed by atoms with van der Waals surface area (Å²) in [6.45, 7) is 3.57. The van der Waals surface area contributed by atoms with Crippen LogP contribution in [-0.2, 0) is 6.54 Å². The van der Waals surface area contributed by atoms with Crippen LogP contribution in [0.4, 0.5) is 9.59 Å². The van der Waals surface area contributed by atoms with Gasteiger partial charge >= 0.3 is 12.1 Å². The van der Waals surface area contributed by atoms with Crippen molar-refractivity contribution in [1.29, 1.82) is 0 Å². The van der Waals surface area contributed by atoms with Crippen LogP contribution < -0.4 is 10.6 Å². The van der Waals surface area contributed by atoms with Gasteiger partial charge in [0.2, 0.25) is 0 Å². The maximum absolute atomic E-state index is 13.2. The van der Waals surface area contributed by atoms with E-state index in [2.05, 4.69) is 54.0 Å². The van der Waals surface area contributed by atoms with Crippen molar-refractivity contribution in [3.05, 3.63) is 47.5 Å². The van der Waals surface area contributed by atoms with E-state index in [4.69, 9.17) is 0 Å². The van der Waals surface area contributed by atoms with E-state index in [-0.39, 0.29) is 36.7 Å². The summed E-state index contributed by atoms with van der Waals surface area (Å²) in [5.41, 5.74) is 2.29. The van der Waals surface area contributed by atoms with Gasteiger partial charge in [0.1, 0.15) is 0 Å². The van der Waals surface area contributed by atoms with Gasteiger partial charge in [-0.2, -0.15) is 0 Å². The predicted octanol–water partition coefficient (Wildman–Crippen LogP) is 2.84. The zero-order valence-corrected chi connectivity index (χ0v) is 18.3. The number of carbonyl (C=O) groups excluding carboxylic acids is 2. The molecule has 2 aliphatic rings. The van der Waals surface area contributed by atoms with Gasteiger partial charge in [-0.3, -0.25) is 0 Å². The topological polar surface area (TPSA) is 84.9 Å². The Balaban J connectivity index is 1.45. The number of nitrogens with zero attached hydrogens (tertiary/aromatic N) is 2. The van der Waals surface area contributed by atoms with Crippen molar-refractivity contribution >= 4 is 22.8 Å². The number of aliphatic hydroxyl groups is 1. The minimum atomic E-state index is -0.161. The summed E-state index contributed by atoms with van der Waals surface area (Å²) in [7, 11) is 1.61. The van der Waals surface area contributed by atoms with E-state index in [1.165, 1.54) is 10.9 Å². The standard InChI is InChI=1S/C24H32N4O3/c1-16-3-5-20-10-17(4-6-19(20)9-16)12-26-24(31)28(21-7-8-21)22-11-18(15-29)13-27(14-22)23(30)25-2/h3-6,9-10,18,21-22,29H,7-8,11-15H2,1-2H3,(H,25,30)(H,26,31)/t18-,22+/m0/s1. The average Bonchev–Trinajstić information content (AvgIpc) is 3.62. The zero-order valence-electron chi connectivity index (χ0n) is 18.3. The first-order valence-electron chi connectivity index (χ1n) is 11.1. The van der Waals surface area contributed by atoms with Crippen molar-refractivity contribution in [1.82, 2.24) is 20.4 Å². The number of hydrogen-bond donors (Lipinski definition) is 3. The molecule has 0 bridgehead atoms. The molecule has 0 spiro atoms. The van der Waals surface area contributed by atoms with Gasteiger partial charge in [-0.1, -0.05) is 35.9 Å². The Morgan fingerprint density at radius 2 is 1.84 bits per heavy atom. The molecule has 0 aromatic heterocycles. The highest BCUT2D eigenvalue weighted by Crippen LogP contribution is 2.32. The molecule has 7 nitrogen and oxygen atoms in total. The number of nitrogens with one attached hydrogen (secondary N) is 2. The van der Waals surface area contributed by atoms with Crippen molar-refractivity contribution in [2.45, 2.75) is 44.8 Å². The first-order chi connectivity index (χ1) is 15.0. The van der Waals surface area contributed by atoms with Crippen LogP contribution in [0, 0.1) is 12.8 Å². The van der Waals surface area contributed by atoms with Crippen LogP contribution in [0.2, 0.25) is 0 Å². The maximum atomic E-state index is 13.2. The second-order valence-electron chi connectivity index (χ2n) is 8.88. The molecule has 31 heavy (non-hydrogen) atoms. The number of carbonyl (C=O) groups is 2. The quantitative estimate of drug-likeness (QED) is 0.690. The van der Waals surface area contributed by atoms with Gasteiger partial charge in [-0.15, -0.1) is 0 Å². The molecule has 166 valence electrons. The van der Waals surface area contributed by atoms with E-state index in [0.29, 0.717) is 26.1 Å². The van der Waals surface area contributed by atoms with Crippen LogP contribution in [0.3, 0.4) is 0 Å². The number of amides is 4. The van der Waals surface area contributed by atoms with Gasteiger partial charge in [-0.25, -0.2) is 9.59 Å². The summed E-state index contributed by atoms with van der Waals surface area (Å²) in [6, 6.07) is 12.5. The van der Waals surface area contributed by atoms with E-state index >= 15 is 0 Å². The Labute approximate surface area is 183 Å². The summed E-state index contributed by atoms with van der Waals surface area (Å²) in [6.07, 6.45) is 2.69. The molecule has 2 fully saturated rings. The van der Waals surface area contributed by atoms with Crippen molar-refractivity contribution in [3.8, 4) is 0 Å². The summed E-state index contributed by atoms with van der Waals surface area (Å²) in [5, 5.41) is 17.8. The molecule has 4 amide bonds. The fraction of sp³-hybridized carbons (Fsp3) is 0.500. The second-order valence-corrected chi connectivity index (χ2v) is 8.88. The van der Waals surface area contributed by atoms with Crippen LogP contribution in [0.5, 0.6) is 0 Å². The third-order valence-corrected chi connectivity index (χ3v) is 6.35. The molecule has 1 saturated heterocycles. The Hall–Kier alpha value is -2.80. The van der Waals surface area contributed by atoms with E-state index in [1.54, 1.807) is 11.9 Å². The first-order valence-corrected chi connectivity index (χ1v) is 11.1. The molecule has 2 aromatic rings. The largest absolute Gasteiger partial charge is 0.396 e. The van der Waals surface area contributed by atoms with E-state index in [1.807, 2.05) is 4.90 Å².